The van der Waals surface area contributed by atoms with Crippen molar-refractivity contribution in [2.45, 2.75) is 25.2 Å². The third-order valence-corrected chi connectivity index (χ3v) is 6.68. The molecule has 0 spiro atoms. The predicted octanol–water partition coefficient (Wildman–Crippen LogP) is 3.08. The number of hydrogen-bond acceptors (Lipinski definition) is 7. The van der Waals surface area contributed by atoms with Gasteiger partial charge in [0.2, 0.25) is 5.91 Å². The van der Waals surface area contributed by atoms with Crippen LogP contribution in [0.3, 0.4) is 0 Å². The van der Waals surface area contributed by atoms with Gasteiger partial charge in [0, 0.05) is 18.7 Å². The molecule has 0 saturated carbocycles. The number of nitrogens with zero attached hydrogens (tertiary/aromatic N) is 1. The molecule has 0 aliphatic rings. The maximum absolute atomic E-state index is 13.7. The van der Waals surface area contributed by atoms with E-state index in [1.165, 1.54) is 52.7 Å². The molecule has 33 heavy (non-hydrogen) atoms. The zero-order valence-corrected chi connectivity index (χ0v) is 20.7. The van der Waals surface area contributed by atoms with Gasteiger partial charge in [-0.1, -0.05) is 13.8 Å². The molecule has 1 amide bonds. The van der Waals surface area contributed by atoms with Crippen molar-refractivity contribution in [2.75, 3.05) is 45.8 Å². The Bertz CT molecular complexity index is 1050. The first-order chi connectivity index (χ1) is 15.7. The third-order valence-electron chi connectivity index (χ3n) is 4.93. The van der Waals surface area contributed by atoms with Crippen molar-refractivity contribution in [3.05, 3.63) is 36.4 Å². The van der Waals surface area contributed by atoms with Crippen LogP contribution in [0.15, 0.2) is 41.3 Å². The summed E-state index contributed by atoms with van der Waals surface area (Å²) in [5.74, 6) is 1.28. The van der Waals surface area contributed by atoms with Gasteiger partial charge in [-0.2, -0.15) is 0 Å². The van der Waals surface area contributed by atoms with Crippen molar-refractivity contribution < 1.29 is 32.2 Å². The molecule has 0 saturated heterocycles. The van der Waals surface area contributed by atoms with Crippen LogP contribution >= 0.6 is 0 Å². The molecule has 0 heterocycles. The second-order valence-electron chi connectivity index (χ2n) is 7.60. The summed E-state index contributed by atoms with van der Waals surface area (Å²) in [5.41, 5.74) is 0.172. The summed E-state index contributed by atoms with van der Waals surface area (Å²) in [5, 5.41) is 2.78. The van der Waals surface area contributed by atoms with E-state index in [9.17, 15) is 13.2 Å². The molecule has 0 aromatic heterocycles. The van der Waals surface area contributed by atoms with E-state index in [2.05, 4.69) is 5.32 Å². The van der Waals surface area contributed by atoms with Gasteiger partial charge in [-0.05, 0) is 36.6 Å². The Balaban J connectivity index is 2.56. The Labute approximate surface area is 195 Å². The number of sulfonamides is 1. The fourth-order valence-corrected chi connectivity index (χ4v) is 4.52. The molecule has 0 atom stereocenters. The van der Waals surface area contributed by atoms with Gasteiger partial charge >= 0.3 is 0 Å². The maximum Gasteiger partial charge on any atom is 0.265 e. The summed E-state index contributed by atoms with van der Waals surface area (Å²) in [6.45, 7) is 4.08. The summed E-state index contributed by atoms with van der Waals surface area (Å²) in [7, 11) is 1.57. The first-order valence-electron chi connectivity index (χ1n) is 10.4. The van der Waals surface area contributed by atoms with E-state index in [-0.39, 0.29) is 22.1 Å². The zero-order valence-electron chi connectivity index (χ0n) is 19.9. The fourth-order valence-electron chi connectivity index (χ4n) is 3.08. The number of methoxy groups -OCH3 is 4. The van der Waals surface area contributed by atoms with Crippen LogP contribution in [0.25, 0.3) is 0 Å². The van der Waals surface area contributed by atoms with Gasteiger partial charge in [0.05, 0.1) is 39.0 Å². The lowest BCUT2D eigenvalue weighted by Gasteiger charge is -2.26. The van der Waals surface area contributed by atoms with Gasteiger partial charge in [0.25, 0.3) is 10.0 Å². The van der Waals surface area contributed by atoms with Crippen LogP contribution in [0.2, 0.25) is 0 Å². The molecule has 0 aliphatic heterocycles. The Kier molecular flexibility index (Phi) is 9.22. The van der Waals surface area contributed by atoms with Gasteiger partial charge < -0.3 is 24.3 Å². The van der Waals surface area contributed by atoms with E-state index in [0.29, 0.717) is 24.0 Å². The first kappa shape index (κ1) is 26.1. The van der Waals surface area contributed by atoms with Gasteiger partial charge in [-0.3, -0.25) is 9.10 Å². The number of carbonyl (C=O) groups is 1. The maximum atomic E-state index is 13.7. The highest BCUT2D eigenvalue weighted by atomic mass is 32.2. The first-order valence-corrected chi connectivity index (χ1v) is 11.8. The summed E-state index contributed by atoms with van der Waals surface area (Å²) in [6, 6.07) is 8.99. The Morgan fingerprint density at radius 3 is 2.12 bits per heavy atom. The zero-order chi connectivity index (χ0) is 24.6. The quantitative estimate of drug-likeness (QED) is 0.498. The number of amides is 1. The van der Waals surface area contributed by atoms with Crippen LogP contribution in [-0.2, 0) is 14.8 Å². The monoisotopic (exact) mass is 480 g/mol. The van der Waals surface area contributed by atoms with Gasteiger partial charge in [-0.15, -0.1) is 0 Å². The van der Waals surface area contributed by atoms with Crippen molar-refractivity contribution in [2.24, 2.45) is 5.92 Å². The molecule has 10 heteroatoms. The average molecular weight is 481 g/mol. The number of carbonyl (C=O) groups excluding carboxylic acids is 1. The second-order valence-corrected chi connectivity index (χ2v) is 9.46. The lowest BCUT2D eigenvalue weighted by Crippen LogP contribution is -2.41. The lowest BCUT2D eigenvalue weighted by molar-refractivity contribution is -0.119. The molecular formula is C23H32N2O7S. The minimum absolute atomic E-state index is 0.0694. The molecular weight excluding hydrogens is 448 g/mol. The third kappa shape index (κ3) is 6.44. The molecule has 2 aromatic rings. The predicted molar refractivity (Wildman–Crippen MR) is 126 cm³/mol. The van der Waals surface area contributed by atoms with E-state index in [1.54, 1.807) is 12.1 Å². The highest BCUT2D eigenvalue weighted by molar-refractivity contribution is 7.92. The Hall–Kier alpha value is -3.14. The van der Waals surface area contributed by atoms with Crippen molar-refractivity contribution in [3.63, 3.8) is 0 Å². The number of rotatable bonds is 12. The summed E-state index contributed by atoms with van der Waals surface area (Å²) >= 11 is 0. The van der Waals surface area contributed by atoms with Crippen LogP contribution in [0.4, 0.5) is 5.69 Å². The van der Waals surface area contributed by atoms with E-state index < -0.39 is 22.5 Å². The standard InChI is InChI=1S/C23H32N2O7S/c1-16(2)11-12-24-23(26)15-25(19-13-17(29-3)7-9-20(19)30-4)33(27,28)18-8-10-21(31-5)22(14-18)32-6/h7-10,13-14,16H,11-12,15H2,1-6H3,(H,24,26). The number of ether oxygens (including phenoxy) is 4. The molecule has 9 nitrogen and oxygen atoms in total. The summed E-state index contributed by atoms with van der Waals surface area (Å²) in [4.78, 5) is 12.7. The Morgan fingerprint density at radius 1 is 0.909 bits per heavy atom. The topological polar surface area (TPSA) is 103 Å². The van der Waals surface area contributed by atoms with Crippen molar-refractivity contribution in [3.8, 4) is 23.0 Å². The van der Waals surface area contributed by atoms with Crippen LogP contribution in [0, 0.1) is 5.92 Å². The second kappa shape index (κ2) is 11.6. The van der Waals surface area contributed by atoms with E-state index in [0.717, 1.165) is 10.7 Å². The SMILES string of the molecule is COc1ccc(OC)c(N(CC(=O)NCCC(C)C)S(=O)(=O)c2ccc(OC)c(OC)c2)c1. The lowest BCUT2D eigenvalue weighted by atomic mass is 10.1. The number of anilines is 1. The number of hydrogen-bond donors (Lipinski definition) is 1. The van der Waals surface area contributed by atoms with Crippen molar-refractivity contribution in [1.29, 1.82) is 0 Å². The molecule has 0 radical (unpaired) electrons. The summed E-state index contributed by atoms with van der Waals surface area (Å²) < 4.78 is 49.6. The fraction of sp³-hybridized carbons (Fsp3) is 0.435. The highest BCUT2D eigenvalue weighted by Crippen LogP contribution is 2.37. The average Bonchev–Trinajstić information content (AvgIpc) is 2.81. The normalized spacial score (nSPS) is 11.1. The molecule has 182 valence electrons. The Morgan fingerprint density at radius 2 is 1.55 bits per heavy atom. The molecule has 0 unspecified atom stereocenters. The molecule has 0 fully saturated rings. The van der Waals surface area contributed by atoms with Crippen LogP contribution in [-0.4, -0.2) is 55.9 Å². The smallest absolute Gasteiger partial charge is 0.265 e. The minimum Gasteiger partial charge on any atom is -0.497 e. The highest BCUT2D eigenvalue weighted by Gasteiger charge is 2.31. The van der Waals surface area contributed by atoms with Gasteiger partial charge in [-0.25, -0.2) is 8.42 Å². The largest absolute Gasteiger partial charge is 0.497 e. The van der Waals surface area contributed by atoms with Crippen molar-refractivity contribution in [1.82, 2.24) is 5.32 Å². The van der Waals surface area contributed by atoms with Crippen LogP contribution in [0.1, 0.15) is 20.3 Å². The molecule has 2 rings (SSSR count). The van der Waals surface area contributed by atoms with Gasteiger partial charge in [0.15, 0.2) is 11.5 Å². The van der Waals surface area contributed by atoms with E-state index in [1.807, 2.05) is 13.8 Å². The van der Waals surface area contributed by atoms with Crippen LogP contribution < -0.4 is 28.6 Å². The van der Waals surface area contributed by atoms with Gasteiger partial charge in [0.1, 0.15) is 18.0 Å². The summed E-state index contributed by atoms with van der Waals surface area (Å²) in [6.07, 6.45) is 0.774. The number of nitrogens with one attached hydrogen (secondary N) is 1. The van der Waals surface area contributed by atoms with Crippen molar-refractivity contribution >= 4 is 21.6 Å². The van der Waals surface area contributed by atoms with E-state index in [4.69, 9.17) is 18.9 Å². The van der Waals surface area contributed by atoms with E-state index >= 15 is 0 Å². The molecule has 0 bridgehead atoms. The van der Waals surface area contributed by atoms with Crippen LogP contribution in [0.5, 0.6) is 23.0 Å². The molecule has 2 aromatic carbocycles. The number of benzene rings is 2. The minimum atomic E-state index is -4.20. The molecule has 1 N–H and O–H groups in total. The molecule has 0 aliphatic carbocycles.